The first-order chi connectivity index (χ1) is 9.32. The molecule has 0 saturated carbocycles. The molecule has 0 saturated heterocycles. The third-order valence-corrected chi connectivity index (χ3v) is 2.80. The Hall–Kier alpha value is -1.56. The Kier molecular flexibility index (Phi) is 6.01. The maximum absolute atomic E-state index is 12.4. The van der Waals surface area contributed by atoms with Crippen LogP contribution in [0, 0.1) is 0 Å². The number of rotatable bonds is 6. The van der Waals surface area contributed by atoms with Gasteiger partial charge < -0.3 is 10.5 Å². The lowest BCUT2D eigenvalue weighted by atomic mass is 10.0. The Morgan fingerprint density at radius 1 is 1.30 bits per heavy atom. The quantitative estimate of drug-likeness (QED) is 0.819. The second-order valence-electron chi connectivity index (χ2n) is 4.50. The van der Waals surface area contributed by atoms with Crippen LogP contribution in [0.5, 0.6) is 0 Å². The van der Waals surface area contributed by atoms with Gasteiger partial charge in [0.1, 0.15) is 0 Å². The van der Waals surface area contributed by atoms with Gasteiger partial charge in [-0.15, -0.1) is 0 Å². The van der Waals surface area contributed by atoms with E-state index in [4.69, 9.17) is 10.5 Å². The van der Waals surface area contributed by atoms with E-state index in [1.54, 1.807) is 6.92 Å². The van der Waals surface area contributed by atoms with Crippen molar-refractivity contribution in [2.24, 2.45) is 5.73 Å². The summed E-state index contributed by atoms with van der Waals surface area (Å²) in [5.74, 6) is -0.310. The number of hydrogen-bond donors (Lipinski definition) is 1. The van der Waals surface area contributed by atoms with Crippen molar-refractivity contribution in [1.82, 2.24) is 0 Å². The first-order valence-electron chi connectivity index (χ1n) is 6.40. The maximum Gasteiger partial charge on any atom is 0.416 e. The molecule has 0 fully saturated rings. The molecule has 112 valence electrons. The topological polar surface area (TPSA) is 52.3 Å². The van der Waals surface area contributed by atoms with Crippen LogP contribution in [-0.2, 0) is 22.1 Å². The third kappa shape index (κ3) is 5.61. The molecule has 0 spiro atoms. The van der Waals surface area contributed by atoms with Gasteiger partial charge in [-0.25, -0.2) is 0 Å². The van der Waals surface area contributed by atoms with Crippen LogP contribution in [0.4, 0.5) is 13.2 Å². The normalized spacial score (nSPS) is 13.1. The zero-order valence-electron chi connectivity index (χ0n) is 11.2. The van der Waals surface area contributed by atoms with Gasteiger partial charge in [0.2, 0.25) is 0 Å². The first-order valence-corrected chi connectivity index (χ1v) is 6.40. The number of nitrogens with two attached hydrogens (primary N) is 1. The molecule has 0 aromatic heterocycles. The SMILES string of the molecule is CCOC(=O)CCC(N)Cc1ccc(C(F)(F)F)cc1. The summed E-state index contributed by atoms with van der Waals surface area (Å²) in [5, 5.41) is 0. The predicted octanol–water partition coefficient (Wildman–Crippen LogP) is 2.92. The highest BCUT2D eigenvalue weighted by atomic mass is 19.4. The largest absolute Gasteiger partial charge is 0.466 e. The van der Waals surface area contributed by atoms with Crippen LogP contribution >= 0.6 is 0 Å². The van der Waals surface area contributed by atoms with Crippen LogP contribution in [0.3, 0.4) is 0 Å². The molecule has 1 atom stereocenters. The van der Waals surface area contributed by atoms with E-state index in [9.17, 15) is 18.0 Å². The second-order valence-corrected chi connectivity index (χ2v) is 4.50. The molecular formula is C14H18F3NO2. The van der Waals surface area contributed by atoms with Gasteiger partial charge >= 0.3 is 12.1 Å². The molecule has 2 N–H and O–H groups in total. The van der Waals surface area contributed by atoms with E-state index in [0.717, 1.165) is 12.1 Å². The van der Waals surface area contributed by atoms with E-state index >= 15 is 0 Å². The number of hydrogen-bond acceptors (Lipinski definition) is 3. The van der Waals surface area contributed by atoms with E-state index in [2.05, 4.69) is 0 Å². The number of ether oxygens (including phenoxy) is 1. The molecule has 0 aliphatic heterocycles. The van der Waals surface area contributed by atoms with Gasteiger partial charge in [-0.05, 0) is 37.5 Å². The van der Waals surface area contributed by atoms with Crippen LogP contribution in [-0.4, -0.2) is 18.6 Å². The Bertz CT molecular complexity index is 429. The van der Waals surface area contributed by atoms with Crippen molar-refractivity contribution in [2.75, 3.05) is 6.61 Å². The molecule has 1 aromatic carbocycles. The lowest BCUT2D eigenvalue weighted by Gasteiger charge is -2.12. The van der Waals surface area contributed by atoms with E-state index in [1.165, 1.54) is 12.1 Å². The monoisotopic (exact) mass is 289 g/mol. The number of alkyl halides is 3. The molecule has 1 aromatic rings. The van der Waals surface area contributed by atoms with Gasteiger partial charge in [-0.1, -0.05) is 12.1 Å². The van der Waals surface area contributed by atoms with Gasteiger partial charge in [-0.2, -0.15) is 13.2 Å². The highest BCUT2D eigenvalue weighted by Gasteiger charge is 2.29. The fraction of sp³-hybridized carbons (Fsp3) is 0.500. The molecule has 3 nitrogen and oxygen atoms in total. The van der Waals surface area contributed by atoms with Crippen LogP contribution in [0.1, 0.15) is 30.9 Å². The summed E-state index contributed by atoms with van der Waals surface area (Å²) in [6, 6.07) is 4.61. The highest BCUT2D eigenvalue weighted by Crippen LogP contribution is 2.29. The first kappa shape index (κ1) is 16.5. The van der Waals surface area contributed by atoms with E-state index < -0.39 is 11.7 Å². The van der Waals surface area contributed by atoms with Crippen LogP contribution in [0.25, 0.3) is 0 Å². The minimum absolute atomic E-state index is 0.218. The van der Waals surface area contributed by atoms with Crippen LogP contribution in [0.2, 0.25) is 0 Å². The zero-order chi connectivity index (χ0) is 15.2. The van der Waals surface area contributed by atoms with Gasteiger partial charge in [0.05, 0.1) is 12.2 Å². The second kappa shape index (κ2) is 7.28. The summed E-state index contributed by atoms with van der Waals surface area (Å²) < 4.78 is 41.9. The molecule has 20 heavy (non-hydrogen) atoms. The van der Waals surface area contributed by atoms with Gasteiger partial charge in [-0.3, -0.25) is 4.79 Å². The molecular weight excluding hydrogens is 271 g/mol. The molecule has 1 unspecified atom stereocenters. The van der Waals surface area contributed by atoms with Crippen molar-refractivity contribution in [2.45, 2.75) is 38.4 Å². The van der Waals surface area contributed by atoms with Crippen LogP contribution < -0.4 is 5.73 Å². The van der Waals surface area contributed by atoms with Crippen molar-refractivity contribution in [3.05, 3.63) is 35.4 Å². The van der Waals surface area contributed by atoms with E-state index in [-0.39, 0.29) is 18.4 Å². The van der Waals surface area contributed by atoms with E-state index in [0.29, 0.717) is 25.0 Å². The maximum atomic E-state index is 12.4. The summed E-state index contributed by atoms with van der Waals surface area (Å²) in [4.78, 5) is 11.2. The fourth-order valence-electron chi connectivity index (χ4n) is 1.77. The molecule has 0 heterocycles. The Balaban J connectivity index is 2.46. The smallest absolute Gasteiger partial charge is 0.416 e. The number of carbonyl (C=O) groups is 1. The summed E-state index contributed by atoms with van der Waals surface area (Å²) >= 11 is 0. The van der Waals surface area contributed by atoms with Crippen molar-refractivity contribution < 1.29 is 22.7 Å². The Morgan fingerprint density at radius 2 is 1.90 bits per heavy atom. The van der Waals surface area contributed by atoms with E-state index in [1.807, 2.05) is 0 Å². The lowest BCUT2D eigenvalue weighted by molar-refractivity contribution is -0.143. The summed E-state index contributed by atoms with van der Waals surface area (Å²) in [6.45, 7) is 2.05. The lowest BCUT2D eigenvalue weighted by Crippen LogP contribution is -2.24. The van der Waals surface area contributed by atoms with Crippen molar-refractivity contribution in [3.63, 3.8) is 0 Å². The molecule has 0 aliphatic carbocycles. The standard InChI is InChI=1S/C14H18F3NO2/c1-2-20-13(19)8-7-12(18)9-10-3-5-11(6-4-10)14(15,16)17/h3-6,12H,2,7-9,18H2,1H3. The Morgan fingerprint density at radius 3 is 2.40 bits per heavy atom. The number of esters is 1. The molecule has 0 bridgehead atoms. The summed E-state index contributed by atoms with van der Waals surface area (Å²) in [5.41, 5.74) is 5.88. The van der Waals surface area contributed by atoms with Gasteiger partial charge in [0.25, 0.3) is 0 Å². The zero-order valence-corrected chi connectivity index (χ0v) is 11.2. The molecule has 6 heteroatoms. The number of halogens is 3. The number of benzene rings is 1. The molecule has 0 amide bonds. The van der Waals surface area contributed by atoms with Crippen molar-refractivity contribution in [3.8, 4) is 0 Å². The highest BCUT2D eigenvalue weighted by molar-refractivity contribution is 5.69. The molecule has 0 radical (unpaired) electrons. The minimum Gasteiger partial charge on any atom is -0.466 e. The van der Waals surface area contributed by atoms with Gasteiger partial charge in [0.15, 0.2) is 0 Å². The van der Waals surface area contributed by atoms with Crippen molar-refractivity contribution in [1.29, 1.82) is 0 Å². The fourth-order valence-corrected chi connectivity index (χ4v) is 1.77. The average Bonchev–Trinajstić information content (AvgIpc) is 2.36. The minimum atomic E-state index is -4.33. The van der Waals surface area contributed by atoms with Crippen molar-refractivity contribution >= 4 is 5.97 Å². The third-order valence-electron chi connectivity index (χ3n) is 2.80. The summed E-state index contributed by atoms with van der Waals surface area (Å²) in [6.07, 6.45) is -3.24. The Labute approximate surface area is 115 Å². The van der Waals surface area contributed by atoms with Gasteiger partial charge in [0, 0.05) is 12.5 Å². The summed E-state index contributed by atoms with van der Waals surface area (Å²) in [7, 11) is 0. The molecule has 0 aliphatic rings. The average molecular weight is 289 g/mol. The molecule has 1 rings (SSSR count). The van der Waals surface area contributed by atoms with Crippen LogP contribution in [0.15, 0.2) is 24.3 Å². The number of carbonyl (C=O) groups excluding carboxylic acids is 1. The predicted molar refractivity (Wildman–Crippen MR) is 69.0 cm³/mol.